The van der Waals surface area contributed by atoms with E-state index in [9.17, 15) is 23.2 Å². The van der Waals surface area contributed by atoms with Gasteiger partial charge in [0.25, 0.3) is 5.56 Å². The lowest BCUT2D eigenvalue weighted by Gasteiger charge is -2.17. The maximum absolute atomic E-state index is 13.8. The standard InChI is InChI=1S/C24H22ClF2N5O4/c1-29-10-21(33)31-13-32(24(28)35)18-5-2-14(8-19(18)31)11-30-7-6-20(22(25)23(30)34)36-12-15-3-4-16(26)9-17(15)27/h2-9,29H,10-13H2,1H3,(H2,28,35). The quantitative estimate of drug-likeness (QED) is 0.501. The average molecular weight is 518 g/mol. The molecular weight excluding hydrogens is 496 g/mol. The monoisotopic (exact) mass is 517 g/mol. The zero-order valence-corrected chi connectivity index (χ0v) is 19.9. The zero-order chi connectivity index (χ0) is 26.0. The van der Waals surface area contributed by atoms with Crippen LogP contribution in [0.15, 0.2) is 53.5 Å². The van der Waals surface area contributed by atoms with Crippen LogP contribution in [0.25, 0.3) is 0 Å². The predicted molar refractivity (Wildman–Crippen MR) is 130 cm³/mol. The Balaban J connectivity index is 1.56. The van der Waals surface area contributed by atoms with Gasteiger partial charge in [-0.3, -0.25) is 19.4 Å². The highest BCUT2D eigenvalue weighted by Crippen LogP contribution is 2.37. The SMILES string of the molecule is CNCC(=O)N1CN(C(N)=O)c2ccc(Cn3ccc(OCc4ccc(F)cc4F)c(Cl)c3=O)cc21. The number of urea groups is 1. The molecule has 0 aliphatic carbocycles. The maximum Gasteiger partial charge on any atom is 0.320 e. The number of hydrogen-bond donors (Lipinski definition) is 2. The topological polar surface area (TPSA) is 110 Å². The van der Waals surface area contributed by atoms with Gasteiger partial charge >= 0.3 is 6.03 Å². The number of aromatic nitrogens is 1. The molecular formula is C24H22ClF2N5O4. The van der Waals surface area contributed by atoms with Crippen molar-refractivity contribution in [3.8, 4) is 5.75 Å². The number of pyridine rings is 1. The van der Waals surface area contributed by atoms with Crippen LogP contribution in [0.2, 0.25) is 5.02 Å². The molecule has 0 saturated carbocycles. The molecule has 1 aromatic heterocycles. The Morgan fingerprint density at radius 1 is 1.11 bits per heavy atom. The van der Waals surface area contributed by atoms with Gasteiger partial charge in [0, 0.05) is 17.8 Å². The number of likely N-dealkylation sites (N-methyl/N-ethyl adjacent to an activating group) is 1. The van der Waals surface area contributed by atoms with Gasteiger partial charge in [0.1, 0.15) is 35.7 Å². The number of halogens is 3. The van der Waals surface area contributed by atoms with Crippen molar-refractivity contribution in [1.82, 2.24) is 9.88 Å². The Labute approximate surface area is 209 Å². The van der Waals surface area contributed by atoms with Gasteiger partial charge in [0.05, 0.1) is 24.5 Å². The second-order valence-corrected chi connectivity index (χ2v) is 8.41. The van der Waals surface area contributed by atoms with Crippen LogP contribution in [0.3, 0.4) is 0 Å². The van der Waals surface area contributed by atoms with Crippen LogP contribution in [-0.2, 0) is 17.9 Å². The van der Waals surface area contributed by atoms with Gasteiger partial charge < -0.3 is 20.4 Å². The zero-order valence-electron chi connectivity index (χ0n) is 19.1. The van der Waals surface area contributed by atoms with Gasteiger partial charge in [0.2, 0.25) is 5.91 Å². The van der Waals surface area contributed by atoms with E-state index in [-0.39, 0.29) is 48.6 Å². The molecule has 0 radical (unpaired) electrons. The van der Waals surface area contributed by atoms with Crippen molar-refractivity contribution in [2.75, 3.05) is 30.1 Å². The average Bonchev–Trinajstić information content (AvgIpc) is 3.22. The van der Waals surface area contributed by atoms with Crippen molar-refractivity contribution >= 4 is 34.9 Å². The molecule has 2 aromatic carbocycles. The Hall–Kier alpha value is -3.96. The summed E-state index contributed by atoms with van der Waals surface area (Å²) in [6.45, 7) is -0.0774. The number of ether oxygens (including phenoxy) is 1. The highest BCUT2D eigenvalue weighted by Gasteiger charge is 2.32. The van der Waals surface area contributed by atoms with E-state index >= 15 is 0 Å². The lowest BCUT2D eigenvalue weighted by atomic mass is 10.1. The second kappa shape index (κ2) is 10.3. The van der Waals surface area contributed by atoms with Crippen molar-refractivity contribution in [2.24, 2.45) is 5.73 Å². The molecule has 1 aliphatic heterocycles. The van der Waals surface area contributed by atoms with Crippen LogP contribution < -0.4 is 31.1 Å². The number of carbonyl (C=O) groups excluding carboxylic acids is 2. The molecule has 0 bridgehead atoms. The highest BCUT2D eigenvalue weighted by molar-refractivity contribution is 6.31. The number of carbonyl (C=O) groups is 2. The lowest BCUT2D eigenvalue weighted by molar-refractivity contribution is -0.117. The number of anilines is 2. The van der Waals surface area contributed by atoms with Gasteiger partial charge in [0.15, 0.2) is 0 Å². The van der Waals surface area contributed by atoms with Gasteiger partial charge in [-0.25, -0.2) is 13.6 Å². The smallest absolute Gasteiger partial charge is 0.320 e. The van der Waals surface area contributed by atoms with Crippen LogP contribution in [0.5, 0.6) is 5.75 Å². The fraction of sp³-hybridized carbons (Fsp3) is 0.208. The summed E-state index contributed by atoms with van der Waals surface area (Å²) in [4.78, 5) is 39.9. The summed E-state index contributed by atoms with van der Waals surface area (Å²) in [5.41, 5.74) is 6.67. The Morgan fingerprint density at radius 3 is 2.58 bits per heavy atom. The molecule has 3 amide bonds. The molecule has 36 heavy (non-hydrogen) atoms. The van der Waals surface area contributed by atoms with Gasteiger partial charge in [-0.05, 0) is 42.9 Å². The van der Waals surface area contributed by atoms with E-state index in [4.69, 9.17) is 22.1 Å². The first-order valence-electron chi connectivity index (χ1n) is 10.8. The Morgan fingerprint density at radius 2 is 1.89 bits per heavy atom. The molecule has 2 heterocycles. The van der Waals surface area contributed by atoms with Crippen molar-refractivity contribution < 1.29 is 23.1 Å². The third-order valence-electron chi connectivity index (χ3n) is 5.62. The number of hydrogen-bond acceptors (Lipinski definition) is 5. The normalized spacial score (nSPS) is 12.6. The number of nitrogens with two attached hydrogens (primary N) is 1. The lowest BCUT2D eigenvalue weighted by Crippen LogP contribution is -2.43. The molecule has 3 N–H and O–H groups in total. The largest absolute Gasteiger partial charge is 0.487 e. The summed E-state index contributed by atoms with van der Waals surface area (Å²) < 4.78 is 33.8. The predicted octanol–water partition coefficient (Wildman–Crippen LogP) is 2.82. The number of primary amides is 1. The summed E-state index contributed by atoms with van der Waals surface area (Å²) in [5, 5.41) is 2.58. The Bertz CT molecular complexity index is 1400. The maximum atomic E-state index is 13.8. The van der Waals surface area contributed by atoms with Crippen molar-refractivity contribution in [3.63, 3.8) is 0 Å². The third-order valence-corrected chi connectivity index (χ3v) is 5.97. The second-order valence-electron chi connectivity index (χ2n) is 8.03. The molecule has 0 spiro atoms. The molecule has 0 saturated heterocycles. The van der Waals surface area contributed by atoms with E-state index in [0.29, 0.717) is 16.9 Å². The van der Waals surface area contributed by atoms with E-state index in [1.54, 1.807) is 25.2 Å². The number of benzene rings is 2. The van der Waals surface area contributed by atoms with Crippen molar-refractivity contribution in [1.29, 1.82) is 0 Å². The van der Waals surface area contributed by atoms with E-state index in [1.165, 1.54) is 32.7 Å². The van der Waals surface area contributed by atoms with E-state index < -0.39 is 23.2 Å². The van der Waals surface area contributed by atoms with E-state index in [0.717, 1.165) is 12.1 Å². The minimum absolute atomic E-state index is 0.0128. The highest BCUT2D eigenvalue weighted by atomic mass is 35.5. The first-order chi connectivity index (χ1) is 17.2. The minimum atomic E-state index is -0.770. The molecule has 0 fully saturated rings. The molecule has 188 valence electrons. The first kappa shape index (κ1) is 25.1. The van der Waals surface area contributed by atoms with Gasteiger partial charge in [-0.15, -0.1) is 0 Å². The molecule has 4 rings (SSSR count). The van der Waals surface area contributed by atoms with Crippen LogP contribution in [0.1, 0.15) is 11.1 Å². The minimum Gasteiger partial charge on any atom is -0.487 e. The number of nitrogens with one attached hydrogen (secondary N) is 1. The summed E-state index contributed by atoms with van der Waals surface area (Å²) in [6, 6.07) is 8.94. The van der Waals surface area contributed by atoms with Crippen LogP contribution in [-0.4, -0.2) is 36.8 Å². The Kier molecular flexibility index (Phi) is 7.22. The molecule has 12 heteroatoms. The van der Waals surface area contributed by atoms with E-state index in [1.807, 2.05) is 0 Å². The molecule has 0 unspecified atom stereocenters. The molecule has 0 atom stereocenters. The van der Waals surface area contributed by atoms with Crippen molar-refractivity contribution in [2.45, 2.75) is 13.2 Å². The van der Waals surface area contributed by atoms with Crippen LogP contribution in [0.4, 0.5) is 25.0 Å². The number of rotatable bonds is 7. The molecule has 3 aromatic rings. The summed E-state index contributed by atoms with van der Waals surface area (Å²) in [7, 11) is 1.64. The fourth-order valence-electron chi connectivity index (χ4n) is 3.81. The third kappa shape index (κ3) is 5.02. The molecule has 9 nitrogen and oxygen atoms in total. The van der Waals surface area contributed by atoms with E-state index in [2.05, 4.69) is 5.32 Å². The van der Waals surface area contributed by atoms with Gasteiger partial charge in [-0.1, -0.05) is 17.7 Å². The van der Waals surface area contributed by atoms with Crippen molar-refractivity contribution in [3.05, 3.63) is 86.8 Å². The number of nitrogens with zero attached hydrogens (tertiary/aromatic N) is 3. The summed E-state index contributed by atoms with van der Waals surface area (Å²) >= 11 is 6.21. The summed E-state index contributed by atoms with van der Waals surface area (Å²) in [6.07, 6.45) is 1.47. The number of fused-ring (bicyclic) bond motifs is 1. The first-order valence-corrected chi connectivity index (χ1v) is 11.2. The summed E-state index contributed by atoms with van der Waals surface area (Å²) in [5.74, 6) is -1.68. The number of amides is 3. The fourth-order valence-corrected chi connectivity index (χ4v) is 4.04. The van der Waals surface area contributed by atoms with Crippen LogP contribution >= 0.6 is 11.6 Å². The van der Waals surface area contributed by atoms with Crippen LogP contribution in [0, 0.1) is 11.6 Å². The molecule has 1 aliphatic rings. The van der Waals surface area contributed by atoms with Gasteiger partial charge in [-0.2, -0.15) is 0 Å².